The number of halogens is 3. The molecule has 0 radical (unpaired) electrons. The standard InChI is InChI=1S/C27H37N3O7.C27H33N3O7.C22H29N3O5.C14H25NO3.C13H9BrN2O4.ClH.FH/c2*1-27(2,3)37-26(35)29(4)15-6-5-7-16-36-17-9-11-18-10-8-12-19-22(18)25(34)30(24(19)33)20-13-14-21(31)28-23(20)32;1-23-12-3-2-4-13-30-14-6-8-15-7-5-9-16-19(15)22(29)25(21(16)28)17-10-11-18(26)24-20(17)27;1-6-11-17-12-9-7-8-10-15(5)13(16)18-14(2,3)4;14-7-3-1-2-6-10(7)13(20)16(12(6)19)8-4-5-9(17)15-11(8)18;;/h8,10,12,20H,5-7,9,11,13-17H2,1-4H3,(H,28,31,32);8,10,12,20H,5-7,13-17H2,1-4H3,(H,28,31,32);5,7,9,17,23H,2-4,6,8,10-14H2,1H3,(H,24,26,27);1H,7-12H2,2-5H3;1-3,8H,4-5H2,(H,15,17,18);2*1H/i/hT. The second kappa shape index (κ2) is 57.8. The van der Waals surface area contributed by atoms with Crippen molar-refractivity contribution in [3.8, 4) is 24.2 Å². The summed E-state index contributed by atoms with van der Waals surface area (Å²) in [5, 5.41) is 11.9. The molecule has 12 rings (SSSR count). The van der Waals surface area contributed by atoms with Crippen molar-refractivity contribution in [3.05, 3.63) is 138 Å². The molecule has 0 aliphatic carbocycles. The zero-order valence-electron chi connectivity index (χ0n) is 85.2. The minimum absolute atomic E-state index is 0. The first-order valence-corrected chi connectivity index (χ1v) is 48.9. The lowest BCUT2D eigenvalue weighted by Gasteiger charge is -2.27. The predicted molar refractivity (Wildman–Crippen MR) is 531 cm³/mol. The van der Waals surface area contributed by atoms with Crippen LogP contribution >= 0.6 is 28.3 Å². The fourth-order valence-corrected chi connectivity index (χ4v) is 16.7. The SMILES string of the molecule is C#CCOCCCCCN(C)C(=O)OC(C)(C)C.CN(CCCCCOCC#Cc1cccc2c1C(=O)N(C1CCC(=O)NC1=O)C2=O)C(=O)OC(C)(C)C.CN(CCCCCOCCCc1cccc2c1C(=O)N(C1CCC(=O)NC1=O)C2=O)C(=O)OC(C)(C)C.CNCCCCCOCCCc1cccc2c1C(=O)N(C1CCC(=O)NC1=O)C2=O.Cl.O=C1CCC(N2C(=O)c3cccc(Br)c3C2=O)C(=O)N1.[3H]F. The Morgan fingerprint density at radius 3 is 1.02 bits per heavy atom. The molecule has 0 bridgehead atoms. The lowest BCUT2D eigenvalue weighted by atomic mass is 9.99. The Morgan fingerprint density at radius 1 is 0.403 bits per heavy atom. The number of carbonyl (C=O) groups is 19. The van der Waals surface area contributed by atoms with E-state index in [0.717, 1.165) is 127 Å². The van der Waals surface area contributed by atoms with Crippen molar-refractivity contribution in [1.82, 2.24) is 60.9 Å². The summed E-state index contributed by atoms with van der Waals surface area (Å²) in [5.74, 6) is 0.0965. The van der Waals surface area contributed by atoms with Crippen LogP contribution in [0.2, 0.25) is 0 Å². The molecule has 8 heterocycles. The molecule has 8 aliphatic rings. The van der Waals surface area contributed by atoms with Gasteiger partial charge in [0, 0.05) is 116 Å². The van der Waals surface area contributed by atoms with E-state index in [1.165, 1.54) is 6.07 Å². The molecule has 5 N–H and O–H groups in total. The van der Waals surface area contributed by atoms with Gasteiger partial charge in [0.1, 0.15) is 54.2 Å². The van der Waals surface area contributed by atoms with Crippen molar-refractivity contribution >= 4 is 141 Å². The molecule has 41 heteroatoms. The largest absolute Gasteiger partial charge is 0.444 e. The summed E-state index contributed by atoms with van der Waals surface area (Å²) in [6.07, 6.45) is 19.0. The normalized spacial score (nSPS) is 17.3. The van der Waals surface area contributed by atoms with Crippen LogP contribution in [-0.4, -0.2) is 297 Å². The molecule has 4 atom stereocenters. The van der Waals surface area contributed by atoms with E-state index in [0.29, 0.717) is 111 Å². The van der Waals surface area contributed by atoms with Gasteiger partial charge in [-0.15, -0.1) is 18.8 Å². The summed E-state index contributed by atoms with van der Waals surface area (Å²) >= 11 is 3.24. The smallest absolute Gasteiger partial charge is 0.410 e. The van der Waals surface area contributed by atoms with E-state index in [9.17, 15) is 91.1 Å². The predicted octanol–water partition coefficient (Wildman–Crippen LogP) is 11.1. The first kappa shape index (κ1) is 118. The molecule has 4 unspecified atom stereocenters. The summed E-state index contributed by atoms with van der Waals surface area (Å²) in [6, 6.07) is 16.2. The number of carbonyl (C=O) groups excluding carboxylic acids is 19. The third-order valence-corrected chi connectivity index (χ3v) is 23.9. The highest BCUT2D eigenvalue weighted by molar-refractivity contribution is 9.10. The van der Waals surface area contributed by atoms with Crippen LogP contribution in [-0.2, 0) is 84.4 Å². The highest BCUT2D eigenvalue weighted by Crippen LogP contribution is 2.36. The number of aryl methyl sites for hydroxylation is 2. The summed E-state index contributed by atoms with van der Waals surface area (Å²) in [6.45, 7) is 23.7. The number of benzene rings is 4. The number of hydrogen-bond donors (Lipinski definition) is 5. The highest BCUT2D eigenvalue weighted by atomic mass is 79.9. The fraction of sp³-hybridized carbons (Fsp3) is 0.544. The van der Waals surface area contributed by atoms with E-state index in [4.69, 9.17) is 44.3 Å². The van der Waals surface area contributed by atoms with Gasteiger partial charge in [0.05, 0.1) is 44.5 Å². The first-order chi connectivity index (χ1) is 68.4. The number of nitrogens with zero attached hydrogens (tertiary/aromatic N) is 7. The van der Waals surface area contributed by atoms with Gasteiger partial charge in [0.2, 0.25) is 47.3 Å². The zero-order chi connectivity index (χ0) is 106. The van der Waals surface area contributed by atoms with Crippen molar-refractivity contribution in [2.24, 2.45) is 0 Å². The molecule has 4 aromatic carbocycles. The average Bonchev–Trinajstić information content (AvgIpc) is 1.38. The summed E-state index contributed by atoms with van der Waals surface area (Å²) in [5.41, 5.74) is 2.70. The van der Waals surface area contributed by atoms with Gasteiger partial charge < -0.3 is 53.2 Å². The average molecular weight is 2090 g/mol. The van der Waals surface area contributed by atoms with E-state index in [1.54, 1.807) is 90.4 Å². The molecule has 4 aromatic rings. The topological polar surface area (TPSA) is 472 Å². The number of piperidine rings is 4. The molecular formula is C103H135BrClFN12O26. The number of unbranched alkanes of at least 4 members (excludes halogenated alkanes) is 8. The Balaban J connectivity index is 0.000000282. The molecule has 0 aromatic heterocycles. The maximum atomic E-state index is 13.1. The van der Waals surface area contributed by atoms with Gasteiger partial charge in [-0.3, -0.25) is 122 Å². The summed E-state index contributed by atoms with van der Waals surface area (Å²) in [4.78, 5) is 241. The van der Waals surface area contributed by atoms with E-state index in [1.807, 2.05) is 81.5 Å². The van der Waals surface area contributed by atoms with Crippen LogP contribution in [0, 0.1) is 24.2 Å². The number of fused-ring (bicyclic) bond motifs is 4. The molecule has 4 fully saturated rings. The maximum absolute atomic E-state index is 13.1. The van der Waals surface area contributed by atoms with Crippen molar-refractivity contribution in [1.29, 1.82) is 1.45 Å². The Morgan fingerprint density at radius 2 is 0.694 bits per heavy atom. The van der Waals surface area contributed by atoms with Crippen LogP contribution in [0.15, 0.2) is 77.3 Å². The minimum atomic E-state index is -1.02. The monoisotopic (exact) mass is 2090 g/mol. The van der Waals surface area contributed by atoms with Gasteiger partial charge in [0.25, 0.3) is 48.7 Å². The molecule has 8 aliphatic heterocycles. The van der Waals surface area contributed by atoms with Gasteiger partial charge in [-0.05, 0) is 268 Å². The van der Waals surface area contributed by atoms with Crippen LogP contribution in [0.5, 0.6) is 0 Å². The fourth-order valence-electron chi connectivity index (χ4n) is 16.2. The van der Waals surface area contributed by atoms with Crippen molar-refractivity contribution in [3.63, 3.8) is 0 Å². The van der Waals surface area contributed by atoms with E-state index >= 15 is 0 Å². The van der Waals surface area contributed by atoms with Gasteiger partial charge >= 0.3 is 18.3 Å². The molecule has 4 saturated heterocycles. The van der Waals surface area contributed by atoms with Crippen molar-refractivity contribution in [2.75, 3.05) is 107 Å². The summed E-state index contributed by atoms with van der Waals surface area (Å²) in [7, 11) is 7.14. The zero-order valence-corrected chi connectivity index (χ0v) is 86.6. The second-order valence-corrected chi connectivity index (χ2v) is 38.8. The number of amides is 19. The molecule has 19 amide bonds. The number of rotatable bonds is 38. The third kappa shape index (κ3) is 35.2. The van der Waals surface area contributed by atoms with Crippen molar-refractivity contribution < 1.29 is 129 Å². The van der Waals surface area contributed by atoms with Crippen LogP contribution in [0.3, 0.4) is 0 Å². The quantitative estimate of drug-likeness (QED) is 0.0120. The molecule has 784 valence electrons. The van der Waals surface area contributed by atoms with E-state index < -0.39 is 124 Å². The van der Waals surface area contributed by atoms with Crippen LogP contribution in [0.25, 0.3) is 0 Å². The van der Waals surface area contributed by atoms with Gasteiger partial charge in [-0.2, -0.15) is 0 Å². The van der Waals surface area contributed by atoms with Gasteiger partial charge in [0.15, 0.2) is 0 Å². The number of imide groups is 8. The highest BCUT2D eigenvalue weighted by Gasteiger charge is 2.50. The number of nitrogens with one attached hydrogen (secondary N) is 5. The molecule has 38 nitrogen and oxygen atoms in total. The lowest BCUT2D eigenvalue weighted by molar-refractivity contribution is -0.137. The van der Waals surface area contributed by atoms with Crippen molar-refractivity contribution in [2.45, 2.75) is 257 Å². The van der Waals surface area contributed by atoms with Gasteiger partial charge in [-0.1, -0.05) is 54.2 Å². The lowest BCUT2D eigenvalue weighted by Crippen LogP contribution is -2.54. The first-order valence-electron chi connectivity index (χ1n) is 48.5. The Bertz CT molecular complexity index is 5450. The molecule has 144 heavy (non-hydrogen) atoms. The number of hydrogen-bond acceptors (Lipinski definition) is 27. The third-order valence-electron chi connectivity index (χ3n) is 23.2. The van der Waals surface area contributed by atoms with Gasteiger partial charge in [-0.25, -0.2) is 14.4 Å². The number of terminal acetylenes is 1. The van der Waals surface area contributed by atoms with E-state index in [2.05, 4.69) is 61.7 Å². The Hall–Kier alpha value is -12.6. The Labute approximate surface area is 855 Å². The van der Waals surface area contributed by atoms with Crippen LogP contribution in [0.1, 0.15) is 303 Å². The summed E-state index contributed by atoms with van der Waals surface area (Å²) < 4.78 is 51.5. The van der Waals surface area contributed by atoms with Crippen LogP contribution < -0.4 is 26.6 Å². The van der Waals surface area contributed by atoms with E-state index in [-0.39, 0.29) is 123 Å². The maximum Gasteiger partial charge on any atom is 0.410 e. The molecule has 0 spiro atoms. The molecular weight excluding hydrogens is 1960 g/mol. The van der Waals surface area contributed by atoms with Crippen LogP contribution in [0.4, 0.5) is 19.1 Å². The Kier molecular flexibility index (Phi) is 47.5. The second-order valence-electron chi connectivity index (χ2n) is 38.0. The minimum Gasteiger partial charge on any atom is -0.444 e. The molecule has 0 saturated carbocycles. The number of ether oxygens (including phenoxy) is 7.